The lowest BCUT2D eigenvalue weighted by molar-refractivity contribution is 0.0717. The fourth-order valence-corrected chi connectivity index (χ4v) is 3.16. The molecule has 1 N–H and O–H groups in total. The van der Waals surface area contributed by atoms with Crippen LogP contribution in [0.4, 0.5) is 10.5 Å². The highest BCUT2D eigenvalue weighted by Gasteiger charge is 2.33. The van der Waals surface area contributed by atoms with Gasteiger partial charge in [-0.15, -0.1) is 0 Å². The number of anilines is 1. The molecule has 2 heterocycles. The van der Waals surface area contributed by atoms with E-state index in [2.05, 4.69) is 5.32 Å². The van der Waals surface area contributed by atoms with Crippen molar-refractivity contribution in [1.29, 1.82) is 0 Å². The molecule has 130 valence electrons. The normalized spacial score (nSPS) is 16.8. The van der Waals surface area contributed by atoms with Crippen LogP contribution in [0, 0.1) is 6.92 Å². The summed E-state index contributed by atoms with van der Waals surface area (Å²) in [6, 6.07) is 11.3. The molecule has 1 aromatic carbocycles. The highest BCUT2D eigenvalue weighted by molar-refractivity contribution is 5.97. The maximum Gasteiger partial charge on any atom is 0.321 e. The largest absolute Gasteiger partial charge is 0.464 e. The van der Waals surface area contributed by atoms with E-state index in [0.717, 1.165) is 30.0 Å². The molecule has 2 aromatic rings. The van der Waals surface area contributed by atoms with E-state index < -0.39 is 0 Å². The summed E-state index contributed by atoms with van der Waals surface area (Å²) in [5.74, 6) is 1.67. The number of amides is 3. The van der Waals surface area contributed by atoms with Gasteiger partial charge in [0.05, 0.1) is 6.54 Å². The smallest absolute Gasteiger partial charge is 0.321 e. The molecule has 1 aromatic heterocycles. The Bertz CT molecular complexity index is 793. The van der Waals surface area contributed by atoms with Crippen molar-refractivity contribution in [2.24, 2.45) is 0 Å². The number of benzene rings is 1. The summed E-state index contributed by atoms with van der Waals surface area (Å²) in [4.78, 5) is 28.2. The summed E-state index contributed by atoms with van der Waals surface area (Å²) in [5, 5.41) is 2.78. The summed E-state index contributed by atoms with van der Waals surface area (Å²) in [7, 11) is 0. The third-order valence-electron chi connectivity index (χ3n) is 4.65. The van der Waals surface area contributed by atoms with Crippen molar-refractivity contribution in [1.82, 2.24) is 10.2 Å². The van der Waals surface area contributed by atoms with Crippen molar-refractivity contribution in [3.05, 3.63) is 53.5 Å². The number of urea groups is 1. The number of carbonyl (C=O) groups excluding carboxylic acids is 2. The monoisotopic (exact) mass is 339 g/mol. The van der Waals surface area contributed by atoms with Gasteiger partial charge in [-0.05, 0) is 56.2 Å². The topological polar surface area (TPSA) is 65.8 Å². The zero-order valence-electron chi connectivity index (χ0n) is 14.2. The Morgan fingerprint density at radius 1 is 1.24 bits per heavy atom. The van der Waals surface area contributed by atoms with Gasteiger partial charge in [0.1, 0.15) is 11.5 Å². The van der Waals surface area contributed by atoms with Crippen LogP contribution >= 0.6 is 0 Å². The summed E-state index contributed by atoms with van der Waals surface area (Å²) in [6.45, 7) is 3.70. The number of hydrogen-bond acceptors (Lipinski definition) is 3. The molecule has 3 amide bonds. The van der Waals surface area contributed by atoms with Crippen molar-refractivity contribution in [3.8, 4) is 0 Å². The number of hydrogen-bond donors (Lipinski definition) is 1. The van der Waals surface area contributed by atoms with Gasteiger partial charge in [0, 0.05) is 30.4 Å². The Balaban J connectivity index is 1.51. The molecule has 0 bridgehead atoms. The van der Waals surface area contributed by atoms with Gasteiger partial charge in [0.25, 0.3) is 5.91 Å². The molecule has 1 aliphatic heterocycles. The third-order valence-corrected chi connectivity index (χ3v) is 4.65. The highest BCUT2D eigenvalue weighted by Crippen LogP contribution is 2.30. The van der Waals surface area contributed by atoms with Crippen LogP contribution in [0.5, 0.6) is 0 Å². The molecule has 1 aliphatic carbocycles. The van der Waals surface area contributed by atoms with Gasteiger partial charge in [-0.2, -0.15) is 0 Å². The molecule has 2 fully saturated rings. The first kappa shape index (κ1) is 15.7. The van der Waals surface area contributed by atoms with E-state index >= 15 is 0 Å². The summed E-state index contributed by atoms with van der Waals surface area (Å²) < 4.78 is 5.63. The Hall–Kier alpha value is -2.76. The van der Waals surface area contributed by atoms with E-state index in [1.165, 1.54) is 0 Å². The zero-order valence-corrected chi connectivity index (χ0v) is 14.2. The minimum atomic E-state index is -0.0909. The van der Waals surface area contributed by atoms with Crippen LogP contribution in [0.25, 0.3) is 0 Å². The second kappa shape index (κ2) is 6.27. The lowest BCUT2D eigenvalue weighted by Crippen LogP contribution is -2.32. The van der Waals surface area contributed by atoms with Crippen molar-refractivity contribution in [2.75, 3.05) is 18.0 Å². The van der Waals surface area contributed by atoms with Crippen LogP contribution in [0.1, 0.15) is 34.7 Å². The Kier molecular flexibility index (Phi) is 3.95. The first-order valence-electron chi connectivity index (χ1n) is 8.63. The van der Waals surface area contributed by atoms with Gasteiger partial charge in [-0.1, -0.05) is 0 Å². The minimum absolute atomic E-state index is 0.00831. The average Bonchev–Trinajstić information content (AvgIpc) is 3.24. The standard InChI is InChI=1S/C19H21N3O3/c1-13-2-9-17(25-13)12-22(16-7-8-16)18(23)14-3-5-15(6-4-14)21-11-10-20-19(21)24/h2-6,9,16H,7-8,10-12H2,1H3,(H,20,24). The number of aryl methyl sites for hydroxylation is 1. The average molecular weight is 339 g/mol. The molecule has 6 heteroatoms. The van der Waals surface area contributed by atoms with Crippen LogP contribution in [0.15, 0.2) is 40.8 Å². The van der Waals surface area contributed by atoms with Crippen LogP contribution in [0.2, 0.25) is 0 Å². The number of nitrogens with one attached hydrogen (secondary N) is 1. The van der Waals surface area contributed by atoms with Crippen LogP contribution in [-0.4, -0.2) is 36.0 Å². The molecule has 1 saturated carbocycles. The van der Waals surface area contributed by atoms with Crippen LogP contribution in [0.3, 0.4) is 0 Å². The second-order valence-electron chi connectivity index (χ2n) is 6.61. The molecular formula is C19H21N3O3. The highest BCUT2D eigenvalue weighted by atomic mass is 16.3. The second-order valence-corrected chi connectivity index (χ2v) is 6.61. The van der Waals surface area contributed by atoms with Gasteiger partial charge >= 0.3 is 6.03 Å². The molecule has 4 rings (SSSR count). The van der Waals surface area contributed by atoms with Crippen LogP contribution in [-0.2, 0) is 6.54 Å². The molecule has 0 spiro atoms. The Morgan fingerprint density at radius 2 is 2.00 bits per heavy atom. The quantitative estimate of drug-likeness (QED) is 0.911. The predicted octanol–water partition coefficient (Wildman–Crippen LogP) is 2.92. The van der Waals surface area contributed by atoms with E-state index in [9.17, 15) is 9.59 Å². The maximum absolute atomic E-state index is 12.9. The number of nitrogens with zero attached hydrogens (tertiary/aromatic N) is 2. The molecule has 2 aliphatic rings. The summed E-state index contributed by atoms with van der Waals surface area (Å²) in [5.41, 5.74) is 1.45. The van der Waals surface area contributed by atoms with Gasteiger partial charge in [0.2, 0.25) is 0 Å². The molecule has 1 saturated heterocycles. The molecular weight excluding hydrogens is 318 g/mol. The molecule has 0 unspecified atom stereocenters. The fraction of sp³-hybridized carbons (Fsp3) is 0.368. The van der Waals surface area contributed by atoms with E-state index in [4.69, 9.17) is 4.42 Å². The van der Waals surface area contributed by atoms with Gasteiger partial charge in [-0.25, -0.2) is 4.79 Å². The third kappa shape index (κ3) is 3.24. The molecule has 25 heavy (non-hydrogen) atoms. The summed E-state index contributed by atoms with van der Waals surface area (Å²) >= 11 is 0. The zero-order chi connectivity index (χ0) is 17.4. The Morgan fingerprint density at radius 3 is 2.56 bits per heavy atom. The van der Waals surface area contributed by atoms with Crippen molar-refractivity contribution in [2.45, 2.75) is 32.4 Å². The van der Waals surface area contributed by atoms with E-state index in [0.29, 0.717) is 31.2 Å². The summed E-state index contributed by atoms with van der Waals surface area (Å²) in [6.07, 6.45) is 2.08. The number of rotatable bonds is 5. The molecule has 0 radical (unpaired) electrons. The molecule has 6 nitrogen and oxygen atoms in total. The van der Waals surface area contributed by atoms with Crippen LogP contribution < -0.4 is 10.2 Å². The lowest BCUT2D eigenvalue weighted by atomic mass is 10.1. The maximum atomic E-state index is 12.9. The fourth-order valence-electron chi connectivity index (χ4n) is 3.16. The predicted molar refractivity (Wildman–Crippen MR) is 93.5 cm³/mol. The van der Waals surface area contributed by atoms with Gasteiger partial charge in [-0.3, -0.25) is 9.69 Å². The number of furan rings is 1. The lowest BCUT2D eigenvalue weighted by Gasteiger charge is -2.22. The van der Waals surface area contributed by atoms with E-state index in [-0.39, 0.29) is 11.9 Å². The minimum Gasteiger partial charge on any atom is -0.464 e. The van der Waals surface area contributed by atoms with E-state index in [1.54, 1.807) is 17.0 Å². The van der Waals surface area contributed by atoms with Crippen molar-refractivity contribution < 1.29 is 14.0 Å². The first-order chi connectivity index (χ1) is 12.1. The molecule has 0 atom stereocenters. The first-order valence-corrected chi connectivity index (χ1v) is 8.63. The Labute approximate surface area is 146 Å². The number of carbonyl (C=O) groups is 2. The van der Waals surface area contributed by atoms with Crippen molar-refractivity contribution >= 4 is 17.6 Å². The van der Waals surface area contributed by atoms with E-state index in [1.807, 2.05) is 36.1 Å². The van der Waals surface area contributed by atoms with Crippen molar-refractivity contribution in [3.63, 3.8) is 0 Å². The van der Waals surface area contributed by atoms with Gasteiger partial charge < -0.3 is 14.6 Å². The SMILES string of the molecule is Cc1ccc(CN(C(=O)c2ccc(N3CCNC3=O)cc2)C2CC2)o1. The van der Waals surface area contributed by atoms with Gasteiger partial charge in [0.15, 0.2) is 0 Å².